The van der Waals surface area contributed by atoms with Gasteiger partial charge in [0, 0.05) is 17.8 Å². The second-order valence-corrected chi connectivity index (χ2v) is 5.65. The first-order valence-corrected chi connectivity index (χ1v) is 8.03. The van der Waals surface area contributed by atoms with Crippen molar-refractivity contribution in [3.63, 3.8) is 0 Å². The van der Waals surface area contributed by atoms with Gasteiger partial charge in [0.05, 0.1) is 0 Å². The third-order valence-electron chi connectivity index (χ3n) is 3.78. The van der Waals surface area contributed by atoms with E-state index in [2.05, 4.69) is 10.6 Å². The Bertz CT molecular complexity index is 720. The summed E-state index contributed by atoms with van der Waals surface area (Å²) in [6.07, 6.45) is 1.25. The molecule has 5 nitrogen and oxygen atoms in total. The summed E-state index contributed by atoms with van der Waals surface area (Å²) in [6, 6.07) is 13.9. The quantitative estimate of drug-likeness (QED) is 0.731. The lowest BCUT2D eigenvalue weighted by molar-refractivity contribution is -0.117. The Morgan fingerprint density at radius 3 is 2.20 bits per heavy atom. The molecule has 2 aromatic carbocycles. The Morgan fingerprint density at radius 2 is 1.60 bits per heavy atom. The monoisotopic (exact) mass is 361 g/mol. The minimum Gasteiger partial charge on any atom is -0.326 e. The topological polar surface area (TPSA) is 84.2 Å². The van der Waals surface area contributed by atoms with Crippen LogP contribution >= 0.6 is 12.4 Å². The molecule has 2 aromatic rings. The van der Waals surface area contributed by atoms with Gasteiger partial charge in [-0.1, -0.05) is 43.3 Å². The van der Waals surface area contributed by atoms with E-state index in [4.69, 9.17) is 5.73 Å². The molecule has 0 saturated heterocycles. The number of halogens is 1. The van der Waals surface area contributed by atoms with Crippen LogP contribution in [0.25, 0.3) is 0 Å². The van der Waals surface area contributed by atoms with Crippen molar-refractivity contribution in [2.24, 2.45) is 5.73 Å². The molecule has 1 unspecified atom stereocenters. The molecule has 0 aromatic heterocycles. The SMILES string of the molecule is CCCC(=O)Nc1cccc(NC(=O)C(N)c2ccccc2)c1C.Cl. The van der Waals surface area contributed by atoms with Crippen LogP contribution in [0, 0.1) is 6.92 Å². The highest BCUT2D eigenvalue weighted by Gasteiger charge is 2.17. The minimum absolute atomic E-state index is 0. The van der Waals surface area contributed by atoms with Crippen LogP contribution < -0.4 is 16.4 Å². The van der Waals surface area contributed by atoms with Gasteiger partial charge >= 0.3 is 0 Å². The first-order valence-electron chi connectivity index (χ1n) is 8.03. The van der Waals surface area contributed by atoms with Crippen LogP contribution in [0.5, 0.6) is 0 Å². The Morgan fingerprint density at radius 1 is 1.00 bits per heavy atom. The summed E-state index contributed by atoms with van der Waals surface area (Å²) in [5.74, 6) is -0.327. The molecule has 0 bridgehead atoms. The third kappa shape index (κ3) is 5.59. The fourth-order valence-electron chi connectivity index (χ4n) is 2.37. The van der Waals surface area contributed by atoms with Crippen LogP contribution in [0.15, 0.2) is 48.5 Å². The van der Waals surface area contributed by atoms with E-state index in [0.717, 1.165) is 17.5 Å². The van der Waals surface area contributed by atoms with Gasteiger partial charge in [-0.3, -0.25) is 9.59 Å². The highest BCUT2D eigenvalue weighted by atomic mass is 35.5. The predicted octanol–water partition coefficient (Wildman–Crippen LogP) is 3.79. The molecule has 4 N–H and O–H groups in total. The molecule has 0 radical (unpaired) electrons. The van der Waals surface area contributed by atoms with Crippen LogP contribution in [0.2, 0.25) is 0 Å². The van der Waals surface area contributed by atoms with Gasteiger partial charge < -0.3 is 16.4 Å². The lowest BCUT2D eigenvalue weighted by Crippen LogP contribution is -2.28. The first-order chi connectivity index (χ1) is 11.5. The van der Waals surface area contributed by atoms with Crippen LogP contribution in [-0.2, 0) is 9.59 Å². The highest BCUT2D eigenvalue weighted by Crippen LogP contribution is 2.24. The van der Waals surface area contributed by atoms with Gasteiger partial charge in [0.2, 0.25) is 11.8 Å². The number of amides is 2. The fraction of sp³-hybridized carbons (Fsp3) is 0.263. The molecular weight excluding hydrogens is 338 g/mol. The molecular formula is C19H24ClN3O2. The van der Waals surface area contributed by atoms with E-state index < -0.39 is 6.04 Å². The molecule has 0 aliphatic heterocycles. The zero-order valence-electron chi connectivity index (χ0n) is 14.4. The van der Waals surface area contributed by atoms with Crippen molar-refractivity contribution >= 4 is 35.6 Å². The number of nitrogens with one attached hydrogen (secondary N) is 2. The molecule has 0 saturated carbocycles. The van der Waals surface area contributed by atoms with E-state index >= 15 is 0 Å². The number of hydrogen-bond donors (Lipinski definition) is 3. The number of carbonyl (C=O) groups excluding carboxylic acids is 2. The van der Waals surface area contributed by atoms with Crippen molar-refractivity contribution in [3.05, 3.63) is 59.7 Å². The smallest absolute Gasteiger partial charge is 0.245 e. The fourth-order valence-corrected chi connectivity index (χ4v) is 2.37. The summed E-state index contributed by atoms with van der Waals surface area (Å²) in [7, 11) is 0. The number of nitrogens with two attached hydrogens (primary N) is 1. The molecule has 6 heteroatoms. The zero-order valence-corrected chi connectivity index (χ0v) is 15.2. The summed E-state index contributed by atoms with van der Waals surface area (Å²) < 4.78 is 0. The molecule has 1 atom stereocenters. The molecule has 0 fully saturated rings. The van der Waals surface area contributed by atoms with Gasteiger partial charge in [0.25, 0.3) is 0 Å². The number of anilines is 2. The molecule has 2 amide bonds. The standard InChI is InChI=1S/C19H23N3O2.ClH/c1-3-8-17(23)21-15-11-7-12-16(13(15)2)22-19(24)18(20)14-9-5-4-6-10-14;/h4-7,9-12,18H,3,8,20H2,1-2H3,(H,21,23)(H,22,24);1H. The van der Waals surface area contributed by atoms with Gasteiger partial charge in [-0.2, -0.15) is 0 Å². The predicted molar refractivity (Wildman–Crippen MR) is 104 cm³/mol. The normalized spacial score (nSPS) is 11.2. The van der Waals surface area contributed by atoms with Crippen molar-refractivity contribution in [2.45, 2.75) is 32.7 Å². The highest BCUT2D eigenvalue weighted by molar-refractivity contribution is 5.98. The van der Waals surface area contributed by atoms with E-state index in [1.807, 2.05) is 50.2 Å². The first kappa shape index (κ1) is 20.7. The average molecular weight is 362 g/mol. The summed E-state index contributed by atoms with van der Waals surface area (Å²) in [5.41, 5.74) is 8.90. The Balaban J connectivity index is 0.00000312. The summed E-state index contributed by atoms with van der Waals surface area (Å²) in [5, 5.41) is 5.70. The van der Waals surface area contributed by atoms with Crippen LogP contribution in [-0.4, -0.2) is 11.8 Å². The lowest BCUT2D eigenvalue weighted by atomic mass is 10.1. The van der Waals surface area contributed by atoms with Crippen LogP contribution in [0.4, 0.5) is 11.4 Å². The molecule has 25 heavy (non-hydrogen) atoms. The molecule has 0 aliphatic rings. The van der Waals surface area contributed by atoms with Gasteiger partial charge in [0.15, 0.2) is 0 Å². The third-order valence-corrected chi connectivity index (χ3v) is 3.78. The number of benzene rings is 2. The second-order valence-electron chi connectivity index (χ2n) is 5.65. The number of rotatable bonds is 6. The summed E-state index contributed by atoms with van der Waals surface area (Å²) >= 11 is 0. The maximum absolute atomic E-state index is 12.4. The van der Waals surface area contributed by atoms with Crippen molar-refractivity contribution in [1.82, 2.24) is 0 Å². The van der Waals surface area contributed by atoms with Crippen molar-refractivity contribution in [1.29, 1.82) is 0 Å². The molecule has 0 aliphatic carbocycles. The van der Waals surface area contributed by atoms with Gasteiger partial charge in [-0.15, -0.1) is 12.4 Å². The second kappa shape index (κ2) is 9.81. The Kier molecular flexibility index (Phi) is 8.11. The van der Waals surface area contributed by atoms with Crippen molar-refractivity contribution in [2.75, 3.05) is 10.6 Å². The minimum atomic E-state index is -0.746. The summed E-state index contributed by atoms with van der Waals surface area (Å²) in [6.45, 7) is 3.80. The Hall–Kier alpha value is -2.37. The van der Waals surface area contributed by atoms with Crippen molar-refractivity contribution in [3.8, 4) is 0 Å². The van der Waals surface area contributed by atoms with E-state index in [0.29, 0.717) is 17.8 Å². The summed E-state index contributed by atoms with van der Waals surface area (Å²) in [4.78, 5) is 24.2. The molecule has 134 valence electrons. The van der Waals surface area contributed by atoms with E-state index in [-0.39, 0.29) is 24.2 Å². The van der Waals surface area contributed by atoms with E-state index in [1.165, 1.54) is 0 Å². The van der Waals surface area contributed by atoms with Gasteiger partial charge in [-0.05, 0) is 36.6 Å². The molecule has 2 rings (SSSR count). The maximum Gasteiger partial charge on any atom is 0.245 e. The van der Waals surface area contributed by atoms with E-state index in [9.17, 15) is 9.59 Å². The average Bonchev–Trinajstić information content (AvgIpc) is 2.58. The lowest BCUT2D eigenvalue weighted by Gasteiger charge is -2.16. The van der Waals surface area contributed by atoms with E-state index in [1.54, 1.807) is 12.1 Å². The largest absolute Gasteiger partial charge is 0.326 e. The molecule has 0 heterocycles. The van der Waals surface area contributed by atoms with Crippen LogP contribution in [0.1, 0.15) is 36.9 Å². The number of carbonyl (C=O) groups is 2. The van der Waals surface area contributed by atoms with Crippen LogP contribution in [0.3, 0.4) is 0 Å². The Labute approximate surface area is 154 Å². The maximum atomic E-state index is 12.4. The number of hydrogen-bond acceptors (Lipinski definition) is 3. The van der Waals surface area contributed by atoms with Gasteiger partial charge in [-0.25, -0.2) is 0 Å². The van der Waals surface area contributed by atoms with Crippen molar-refractivity contribution < 1.29 is 9.59 Å². The zero-order chi connectivity index (χ0) is 17.5. The van der Waals surface area contributed by atoms with Gasteiger partial charge in [0.1, 0.15) is 6.04 Å². The molecule has 0 spiro atoms.